The van der Waals surface area contributed by atoms with Gasteiger partial charge in [0.2, 0.25) is 0 Å². The topological polar surface area (TPSA) is 20.2 Å². The molecular formula is C14H18O. The van der Waals surface area contributed by atoms with Crippen molar-refractivity contribution in [2.45, 2.75) is 44.9 Å². The van der Waals surface area contributed by atoms with Crippen molar-refractivity contribution in [2.75, 3.05) is 0 Å². The lowest BCUT2D eigenvalue weighted by Gasteiger charge is -2.30. The average Bonchev–Trinajstić information content (AvgIpc) is 2.98. The lowest BCUT2D eigenvalue weighted by molar-refractivity contribution is 0.436. The van der Waals surface area contributed by atoms with Crippen molar-refractivity contribution < 1.29 is 5.11 Å². The van der Waals surface area contributed by atoms with Crippen LogP contribution in [0.1, 0.15) is 55.2 Å². The van der Waals surface area contributed by atoms with Crippen LogP contribution in [0.5, 0.6) is 5.75 Å². The van der Waals surface area contributed by atoms with Crippen molar-refractivity contribution in [3.05, 3.63) is 28.8 Å². The molecule has 0 amide bonds. The molecule has 0 heterocycles. The smallest absolute Gasteiger partial charge is 0.122 e. The van der Waals surface area contributed by atoms with Crippen LogP contribution in [-0.4, -0.2) is 5.11 Å². The van der Waals surface area contributed by atoms with Crippen LogP contribution in [0.4, 0.5) is 0 Å². The molecule has 1 aromatic carbocycles. The predicted molar refractivity (Wildman–Crippen MR) is 61.4 cm³/mol. The van der Waals surface area contributed by atoms with Crippen LogP contribution in [0, 0.1) is 5.92 Å². The number of hydrogen-bond donors (Lipinski definition) is 1. The minimum atomic E-state index is 0.545. The number of benzene rings is 1. The Bertz CT molecular complexity index is 404. The van der Waals surface area contributed by atoms with E-state index < -0.39 is 0 Å². The molecule has 0 spiro atoms. The monoisotopic (exact) mass is 202 g/mol. The summed E-state index contributed by atoms with van der Waals surface area (Å²) in [5.74, 6) is 2.53. The number of fused-ring (bicyclic) bond motifs is 1. The molecule has 2 aliphatic rings. The van der Waals surface area contributed by atoms with Crippen LogP contribution in [0.2, 0.25) is 0 Å². The molecule has 2 aliphatic carbocycles. The lowest BCUT2D eigenvalue weighted by atomic mass is 9.75. The fourth-order valence-electron chi connectivity index (χ4n) is 2.91. The highest BCUT2D eigenvalue weighted by atomic mass is 16.3. The van der Waals surface area contributed by atoms with Crippen LogP contribution in [0.25, 0.3) is 0 Å². The number of hydrogen-bond acceptors (Lipinski definition) is 1. The van der Waals surface area contributed by atoms with Crippen LogP contribution in [0.3, 0.4) is 0 Å². The Kier molecular flexibility index (Phi) is 1.86. The van der Waals surface area contributed by atoms with Gasteiger partial charge in [0, 0.05) is 5.56 Å². The molecule has 1 aromatic rings. The summed E-state index contributed by atoms with van der Waals surface area (Å²) in [6.07, 6.45) is 3.82. The Labute approximate surface area is 91.1 Å². The van der Waals surface area contributed by atoms with Gasteiger partial charge in [0.1, 0.15) is 5.75 Å². The highest BCUT2D eigenvalue weighted by Crippen LogP contribution is 2.49. The first-order valence-corrected chi connectivity index (χ1v) is 6.03. The Morgan fingerprint density at radius 2 is 2.07 bits per heavy atom. The predicted octanol–water partition coefficient (Wildman–Crippen LogP) is 3.57. The van der Waals surface area contributed by atoms with Crippen LogP contribution in [-0.2, 0) is 6.42 Å². The van der Waals surface area contributed by atoms with Crippen LogP contribution >= 0.6 is 0 Å². The molecule has 0 saturated heterocycles. The molecular weight excluding hydrogens is 184 g/mol. The van der Waals surface area contributed by atoms with Gasteiger partial charge in [0.25, 0.3) is 0 Å². The summed E-state index contributed by atoms with van der Waals surface area (Å²) in [5, 5.41) is 10.2. The molecule has 15 heavy (non-hydrogen) atoms. The van der Waals surface area contributed by atoms with E-state index in [0.717, 1.165) is 12.3 Å². The van der Waals surface area contributed by atoms with E-state index in [9.17, 15) is 5.11 Å². The fraction of sp³-hybridized carbons (Fsp3) is 0.571. The highest BCUT2D eigenvalue weighted by Gasteiger charge is 2.33. The van der Waals surface area contributed by atoms with Gasteiger partial charge in [-0.1, -0.05) is 26.0 Å². The summed E-state index contributed by atoms with van der Waals surface area (Å²) in [4.78, 5) is 0. The standard InChI is InChI=1S/C14H18O/c1-8-7-11-5-6-12(14(15)13(8)11)9(2)10-3-4-10/h5-6,8-10,15H,3-4,7H2,1-2H3/t8-,9?/m0/s1. The lowest BCUT2D eigenvalue weighted by Crippen LogP contribution is -2.15. The quantitative estimate of drug-likeness (QED) is 0.777. The van der Waals surface area contributed by atoms with Gasteiger partial charge in [-0.2, -0.15) is 0 Å². The molecule has 1 heteroatoms. The van der Waals surface area contributed by atoms with Crippen molar-refractivity contribution >= 4 is 0 Å². The third-order valence-electron chi connectivity index (χ3n) is 4.18. The summed E-state index contributed by atoms with van der Waals surface area (Å²) in [6, 6.07) is 4.35. The first-order valence-electron chi connectivity index (χ1n) is 6.03. The number of phenolic OH excluding ortho intramolecular Hbond substituents is 1. The maximum Gasteiger partial charge on any atom is 0.122 e. The Morgan fingerprint density at radius 1 is 1.33 bits per heavy atom. The molecule has 1 unspecified atom stereocenters. The summed E-state index contributed by atoms with van der Waals surface area (Å²) >= 11 is 0. The van der Waals surface area contributed by atoms with Gasteiger partial charge >= 0.3 is 0 Å². The van der Waals surface area contributed by atoms with Crippen molar-refractivity contribution in [3.8, 4) is 5.75 Å². The van der Waals surface area contributed by atoms with E-state index in [1.54, 1.807) is 0 Å². The molecule has 1 N–H and O–H groups in total. The van der Waals surface area contributed by atoms with E-state index in [1.807, 2.05) is 0 Å². The summed E-state index contributed by atoms with van der Waals surface area (Å²) < 4.78 is 0. The third-order valence-corrected chi connectivity index (χ3v) is 4.18. The number of phenols is 1. The first kappa shape index (κ1) is 9.26. The average molecular weight is 202 g/mol. The van der Waals surface area contributed by atoms with Gasteiger partial charge in [-0.05, 0) is 48.1 Å². The molecule has 3 rings (SSSR count). The van der Waals surface area contributed by atoms with Crippen molar-refractivity contribution in [1.29, 1.82) is 0 Å². The van der Waals surface area contributed by atoms with Crippen LogP contribution < -0.4 is 0 Å². The van der Waals surface area contributed by atoms with Gasteiger partial charge in [-0.25, -0.2) is 0 Å². The second-order valence-corrected chi connectivity index (χ2v) is 5.31. The molecule has 1 fully saturated rings. The first-order chi connectivity index (χ1) is 7.18. The zero-order valence-corrected chi connectivity index (χ0v) is 9.46. The summed E-state index contributed by atoms with van der Waals surface area (Å²) in [7, 11) is 0. The molecule has 2 atom stereocenters. The van der Waals surface area contributed by atoms with E-state index in [-0.39, 0.29) is 0 Å². The zero-order valence-electron chi connectivity index (χ0n) is 9.46. The molecule has 0 aromatic heterocycles. The SMILES string of the molecule is CC(c1ccc2c(c1O)[C@@H](C)C2)C1CC1. The molecule has 0 aliphatic heterocycles. The van der Waals surface area contributed by atoms with E-state index in [1.165, 1.54) is 29.5 Å². The van der Waals surface area contributed by atoms with Gasteiger partial charge in [0.15, 0.2) is 0 Å². The van der Waals surface area contributed by atoms with E-state index in [0.29, 0.717) is 17.6 Å². The summed E-state index contributed by atoms with van der Waals surface area (Å²) in [5.41, 5.74) is 3.76. The molecule has 0 radical (unpaired) electrons. The maximum atomic E-state index is 10.2. The van der Waals surface area contributed by atoms with E-state index in [2.05, 4.69) is 26.0 Å². The third kappa shape index (κ3) is 1.29. The molecule has 0 bridgehead atoms. The Hall–Kier alpha value is -0.980. The van der Waals surface area contributed by atoms with Gasteiger partial charge in [0.05, 0.1) is 0 Å². The van der Waals surface area contributed by atoms with Crippen LogP contribution in [0.15, 0.2) is 12.1 Å². The maximum absolute atomic E-state index is 10.2. The largest absolute Gasteiger partial charge is 0.507 e. The van der Waals surface area contributed by atoms with Crippen molar-refractivity contribution in [2.24, 2.45) is 5.92 Å². The number of rotatable bonds is 2. The number of aromatic hydroxyl groups is 1. The second-order valence-electron chi connectivity index (χ2n) is 5.31. The van der Waals surface area contributed by atoms with Gasteiger partial charge in [-0.15, -0.1) is 0 Å². The summed E-state index contributed by atoms with van der Waals surface area (Å²) in [6.45, 7) is 4.45. The fourth-order valence-corrected chi connectivity index (χ4v) is 2.91. The minimum Gasteiger partial charge on any atom is -0.507 e. The Morgan fingerprint density at radius 3 is 2.67 bits per heavy atom. The van der Waals surface area contributed by atoms with Crippen molar-refractivity contribution in [1.82, 2.24) is 0 Å². The molecule has 80 valence electrons. The van der Waals surface area contributed by atoms with Gasteiger partial charge in [-0.3, -0.25) is 0 Å². The Balaban J connectivity index is 2.01. The van der Waals surface area contributed by atoms with E-state index >= 15 is 0 Å². The highest BCUT2D eigenvalue weighted by molar-refractivity contribution is 5.54. The molecule has 1 saturated carbocycles. The van der Waals surface area contributed by atoms with Gasteiger partial charge < -0.3 is 5.11 Å². The second kappa shape index (κ2) is 3.01. The zero-order chi connectivity index (χ0) is 10.6. The van der Waals surface area contributed by atoms with E-state index in [4.69, 9.17) is 0 Å². The minimum absolute atomic E-state index is 0.545. The molecule has 1 nitrogen and oxygen atoms in total. The normalized spacial score (nSPS) is 25.6. The van der Waals surface area contributed by atoms with Crippen molar-refractivity contribution in [3.63, 3.8) is 0 Å².